The lowest BCUT2D eigenvalue weighted by atomic mass is 9.69. The first-order valence-corrected chi connectivity index (χ1v) is 9.83. The number of ether oxygens (including phenoxy) is 2. The number of carbonyl (C=O) groups excluding carboxylic acids is 1. The molecule has 144 valence electrons. The van der Waals surface area contributed by atoms with Gasteiger partial charge in [0.15, 0.2) is 0 Å². The summed E-state index contributed by atoms with van der Waals surface area (Å²) in [7, 11) is 3.35. The van der Waals surface area contributed by atoms with Gasteiger partial charge in [0, 0.05) is 19.1 Å². The maximum absolute atomic E-state index is 13.0. The number of nitrogens with one attached hydrogen (secondary N) is 2. The average Bonchev–Trinajstić information content (AvgIpc) is 2.73. The van der Waals surface area contributed by atoms with Crippen molar-refractivity contribution in [2.45, 2.75) is 56.0 Å². The quantitative estimate of drug-likeness (QED) is 0.819. The number of hydrogen-bond donors (Lipinski definition) is 2. The van der Waals surface area contributed by atoms with Gasteiger partial charge in [-0.15, -0.1) is 0 Å². The molecule has 0 aromatic heterocycles. The van der Waals surface area contributed by atoms with Crippen LogP contribution in [0.5, 0.6) is 5.75 Å². The van der Waals surface area contributed by atoms with E-state index < -0.39 is 5.60 Å². The van der Waals surface area contributed by atoms with E-state index in [9.17, 15) is 4.79 Å². The molecule has 5 heteroatoms. The van der Waals surface area contributed by atoms with E-state index in [-0.39, 0.29) is 11.3 Å². The summed E-state index contributed by atoms with van der Waals surface area (Å²) < 4.78 is 11.0. The Labute approximate surface area is 156 Å². The van der Waals surface area contributed by atoms with E-state index in [2.05, 4.69) is 22.8 Å². The zero-order chi connectivity index (χ0) is 18.5. The molecule has 0 radical (unpaired) electrons. The van der Waals surface area contributed by atoms with Crippen molar-refractivity contribution in [3.05, 3.63) is 29.8 Å². The van der Waals surface area contributed by atoms with Crippen LogP contribution in [0.4, 0.5) is 0 Å². The summed E-state index contributed by atoms with van der Waals surface area (Å²) in [5.74, 6) is 0.914. The van der Waals surface area contributed by atoms with E-state index in [1.54, 1.807) is 14.2 Å². The van der Waals surface area contributed by atoms with Crippen LogP contribution in [0, 0.1) is 0 Å². The van der Waals surface area contributed by atoms with Gasteiger partial charge in [-0.1, -0.05) is 31.4 Å². The standard InChI is InChI=1S/C21H32N2O3/c1-25-18-8-6-17(7-9-18)20(10-4-3-5-11-20)16-23-19(24)21(26-2)12-14-22-15-13-21/h6-9,22H,3-5,10-16H2,1-2H3,(H,23,24). The third-order valence-electron chi connectivity index (χ3n) is 6.32. The molecule has 1 heterocycles. The molecule has 1 aromatic rings. The van der Waals surface area contributed by atoms with Crippen LogP contribution in [0.25, 0.3) is 0 Å². The number of amides is 1. The maximum atomic E-state index is 13.0. The van der Waals surface area contributed by atoms with Crippen LogP contribution in [0.3, 0.4) is 0 Å². The van der Waals surface area contributed by atoms with Crippen molar-refractivity contribution in [2.75, 3.05) is 33.9 Å². The van der Waals surface area contributed by atoms with E-state index in [0.717, 1.165) is 44.5 Å². The Hall–Kier alpha value is -1.59. The molecule has 0 atom stereocenters. The molecule has 2 N–H and O–H groups in total. The van der Waals surface area contributed by atoms with E-state index in [1.165, 1.54) is 24.8 Å². The third kappa shape index (κ3) is 3.89. The van der Waals surface area contributed by atoms with Gasteiger partial charge in [-0.3, -0.25) is 4.79 Å². The SMILES string of the molecule is COc1ccc(C2(CNC(=O)C3(OC)CCNCC3)CCCCC2)cc1. The molecule has 0 bridgehead atoms. The van der Waals surface area contributed by atoms with Gasteiger partial charge in [0.1, 0.15) is 11.4 Å². The van der Waals surface area contributed by atoms with Crippen molar-refractivity contribution < 1.29 is 14.3 Å². The molecule has 5 nitrogen and oxygen atoms in total. The van der Waals surface area contributed by atoms with Gasteiger partial charge >= 0.3 is 0 Å². The minimum absolute atomic E-state index is 0.0159. The number of carbonyl (C=O) groups is 1. The Morgan fingerprint density at radius 3 is 2.27 bits per heavy atom. The number of piperidine rings is 1. The van der Waals surface area contributed by atoms with Crippen LogP contribution < -0.4 is 15.4 Å². The molecule has 1 amide bonds. The fourth-order valence-electron chi connectivity index (χ4n) is 4.51. The van der Waals surface area contributed by atoms with Crippen molar-refractivity contribution >= 4 is 5.91 Å². The van der Waals surface area contributed by atoms with Gasteiger partial charge in [0.2, 0.25) is 0 Å². The van der Waals surface area contributed by atoms with Crippen LogP contribution in [0.15, 0.2) is 24.3 Å². The summed E-state index contributed by atoms with van der Waals surface area (Å²) in [4.78, 5) is 13.0. The van der Waals surface area contributed by atoms with Crippen molar-refractivity contribution in [1.29, 1.82) is 0 Å². The van der Waals surface area contributed by atoms with Crippen LogP contribution in [0.1, 0.15) is 50.5 Å². The zero-order valence-corrected chi connectivity index (χ0v) is 16.1. The zero-order valence-electron chi connectivity index (χ0n) is 16.1. The smallest absolute Gasteiger partial charge is 0.252 e. The van der Waals surface area contributed by atoms with Crippen LogP contribution in [0.2, 0.25) is 0 Å². The van der Waals surface area contributed by atoms with Gasteiger partial charge < -0.3 is 20.1 Å². The molecule has 26 heavy (non-hydrogen) atoms. The van der Waals surface area contributed by atoms with E-state index >= 15 is 0 Å². The van der Waals surface area contributed by atoms with Gasteiger partial charge in [-0.05, 0) is 56.5 Å². The number of hydrogen-bond acceptors (Lipinski definition) is 4. The predicted octanol–water partition coefficient (Wildman–Crippen LogP) is 2.78. The lowest BCUT2D eigenvalue weighted by Gasteiger charge is -2.40. The van der Waals surface area contributed by atoms with Crippen LogP contribution in [-0.4, -0.2) is 45.4 Å². The first-order valence-electron chi connectivity index (χ1n) is 9.83. The predicted molar refractivity (Wildman–Crippen MR) is 103 cm³/mol. The highest BCUT2D eigenvalue weighted by molar-refractivity contribution is 5.85. The van der Waals surface area contributed by atoms with Crippen LogP contribution >= 0.6 is 0 Å². The summed E-state index contributed by atoms with van der Waals surface area (Å²) in [6.45, 7) is 2.33. The molecular formula is C21H32N2O3. The van der Waals surface area contributed by atoms with E-state index in [4.69, 9.17) is 9.47 Å². The molecule has 1 saturated heterocycles. The molecular weight excluding hydrogens is 328 g/mol. The summed E-state index contributed by atoms with van der Waals surface area (Å²) >= 11 is 0. The van der Waals surface area contributed by atoms with Crippen molar-refractivity contribution in [1.82, 2.24) is 10.6 Å². The molecule has 0 spiro atoms. The first kappa shape index (κ1) is 19.2. The number of benzene rings is 1. The number of methoxy groups -OCH3 is 2. The van der Waals surface area contributed by atoms with Crippen molar-refractivity contribution in [3.63, 3.8) is 0 Å². The van der Waals surface area contributed by atoms with E-state index in [1.807, 2.05) is 12.1 Å². The summed E-state index contributed by atoms with van der Waals surface area (Å²) in [5, 5.41) is 6.57. The largest absolute Gasteiger partial charge is 0.497 e. The molecule has 1 aliphatic carbocycles. The highest BCUT2D eigenvalue weighted by Gasteiger charge is 2.41. The Morgan fingerprint density at radius 1 is 1.04 bits per heavy atom. The third-order valence-corrected chi connectivity index (χ3v) is 6.32. The normalized spacial score (nSPS) is 21.8. The molecule has 2 aliphatic rings. The molecule has 3 rings (SSSR count). The lowest BCUT2D eigenvalue weighted by molar-refractivity contribution is -0.147. The Bertz CT molecular complexity index is 588. The second-order valence-electron chi connectivity index (χ2n) is 7.70. The summed E-state index contributed by atoms with van der Waals surface area (Å²) in [5.41, 5.74) is 0.637. The minimum atomic E-state index is -0.680. The second kappa shape index (κ2) is 8.40. The molecule has 1 saturated carbocycles. The molecule has 1 aliphatic heterocycles. The highest BCUT2D eigenvalue weighted by atomic mass is 16.5. The fraction of sp³-hybridized carbons (Fsp3) is 0.667. The first-order chi connectivity index (χ1) is 12.6. The van der Waals surface area contributed by atoms with E-state index in [0.29, 0.717) is 6.54 Å². The monoisotopic (exact) mass is 360 g/mol. The second-order valence-corrected chi connectivity index (χ2v) is 7.70. The molecule has 0 unspecified atom stereocenters. The summed E-state index contributed by atoms with van der Waals surface area (Å²) in [6, 6.07) is 8.37. The highest BCUT2D eigenvalue weighted by Crippen LogP contribution is 2.39. The van der Waals surface area contributed by atoms with Crippen molar-refractivity contribution in [3.8, 4) is 5.75 Å². The maximum Gasteiger partial charge on any atom is 0.252 e. The van der Waals surface area contributed by atoms with Gasteiger partial charge in [0.05, 0.1) is 7.11 Å². The van der Waals surface area contributed by atoms with Gasteiger partial charge in [0.25, 0.3) is 5.91 Å². The molecule has 2 fully saturated rings. The fourth-order valence-corrected chi connectivity index (χ4v) is 4.51. The topological polar surface area (TPSA) is 59.6 Å². The van der Waals surface area contributed by atoms with Gasteiger partial charge in [-0.25, -0.2) is 0 Å². The Kier molecular flexibility index (Phi) is 6.20. The van der Waals surface area contributed by atoms with Crippen molar-refractivity contribution in [2.24, 2.45) is 0 Å². The summed E-state index contributed by atoms with van der Waals surface area (Å²) in [6.07, 6.45) is 7.38. The Morgan fingerprint density at radius 2 is 1.69 bits per heavy atom. The molecule has 1 aromatic carbocycles. The lowest BCUT2D eigenvalue weighted by Crippen LogP contribution is -2.56. The average molecular weight is 360 g/mol. The minimum Gasteiger partial charge on any atom is -0.497 e. The Balaban J connectivity index is 1.74. The van der Waals surface area contributed by atoms with Crippen LogP contribution in [-0.2, 0) is 14.9 Å². The number of rotatable bonds is 6. The van der Waals surface area contributed by atoms with Gasteiger partial charge in [-0.2, -0.15) is 0 Å².